The van der Waals surface area contributed by atoms with E-state index in [1.54, 1.807) is 0 Å². The summed E-state index contributed by atoms with van der Waals surface area (Å²) in [5.74, 6) is 0. The largest absolute Gasteiger partial charge is 0.355 e. The highest BCUT2D eigenvalue weighted by molar-refractivity contribution is 5.78. The van der Waals surface area contributed by atoms with Crippen LogP contribution >= 0.6 is 0 Å². The minimum absolute atomic E-state index is 0.482. The molecule has 4 aromatic carbocycles. The van der Waals surface area contributed by atoms with Crippen molar-refractivity contribution in [2.24, 2.45) is 0 Å². The third kappa shape index (κ3) is 3.60. The van der Waals surface area contributed by atoms with Crippen LogP contribution in [0.4, 0.5) is 28.4 Å². The molecule has 26 heavy (non-hydrogen) atoms. The summed E-state index contributed by atoms with van der Waals surface area (Å²) >= 11 is 0. The molecule has 2 nitrogen and oxygen atoms in total. The molecular formula is C24H20N2. The first kappa shape index (κ1) is 5.24. The molecule has 0 saturated heterocycles. The van der Waals surface area contributed by atoms with Gasteiger partial charge in [-0.05, 0) is 54.4 Å². The number of hydrogen-bond acceptors (Lipinski definition) is 2. The van der Waals surface area contributed by atoms with Gasteiger partial charge < -0.3 is 10.2 Å². The molecule has 4 aromatic rings. The van der Waals surface area contributed by atoms with E-state index >= 15 is 0 Å². The van der Waals surface area contributed by atoms with E-state index in [-0.39, 0.29) is 0 Å². The maximum Gasteiger partial charge on any atom is 0.0667 e. The number of nitrogens with one attached hydrogen (secondary N) is 1. The topological polar surface area (TPSA) is 15.3 Å². The molecule has 0 amide bonds. The molecule has 0 radical (unpaired) electrons. The summed E-state index contributed by atoms with van der Waals surface area (Å²) in [7, 11) is 0. The van der Waals surface area contributed by atoms with E-state index in [1.165, 1.54) is 0 Å². The van der Waals surface area contributed by atoms with Crippen molar-refractivity contribution >= 4 is 28.4 Å². The molecule has 126 valence electrons. The lowest BCUT2D eigenvalue weighted by molar-refractivity contribution is 1.28. The van der Waals surface area contributed by atoms with Crippen molar-refractivity contribution < 1.29 is 26.0 Å². The molecule has 1 N–H and O–H groups in total. The van der Waals surface area contributed by atoms with Crippen LogP contribution in [0.2, 0.25) is 0 Å². The summed E-state index contributed by atoms with van der Waals surface area (Å²) < 4.78 is 157. The zero-order valence-corrected chi connectivity index (χ0v) is 12.9. The van der Waals surface area contributed by atoms with Crippen LogP contribution in [-0.4, -0.2) is 0 Å². The van der Waals surface area contributed by atoms with Gasteiger partial charge in [0.25, 0.3) is 0 Å². The second-order valence-electron chi connectivity index (χ2n) is 4.63. The van der Waals surface area contributed by atoms with Crippen molar-refractivity contribution in [3.05, 3.63) is 115 Å². The van der Waals surface area contributed by atoms with Gasteiger partial charge in [0.2, 0.25) is 0 Å². The summed E-state index contributed by atoms with van der Waals surface area (Å²) in [6, 6.07) is -16.9. The number of para-hydroxylation sites is 3. The number of rotatable bonds is 5. The van der Waals surface area contributed by atoms with Crippen LogP contribution in [0.1, 0.15) is 26.0 Å². The fourth-order valence-electron chi connectivity index (χ4n) is 1.99. The molecule has 0 spiro atoms. The van der Waals surface area contributed by atoms with Gasteiger partial charge in [0.05, 0.1) is 26.0 Å². The van der Waals surface area contributed by atoms with Crippen LogP contribution in [0.5, 0.6) is 0 Å². The Morgan fingerprint density at radius 2 is 0.962 bits per heavy atom. The Balaban J connectivity index is 2.24. The second kappa shape index (κ2) is 7.58. The number of hydrogen-bond donors (Lipinski definition) is 1. The number of anilines is 5. The summed E-state index contributed by atoms with van der Waals surface area (Å²) in [5.41, 5.74) is -3.93. The monoisotopic (exact) mass is 355 g/mol. The molecule has 2 heteroatoms. The van der Waals surface area contributed by atoms with Crippen LogP contribution in [-0.2, 0) is 0 Å². The zero-order chi connectivity index (χ0) is 34.1. The van der Waals surface area contributed by atoms with Gasteiger partial charge in [-0.3, -0.25) is 0 Å². The average Bonchev–Trinajstić information content (AvgIpc) is 3.01. The van der Waals surface area contributed by atoms with Gasteiger partial charge in [0, 0.05) is 28.4 Å². The predicted octanol–water partition coefficient (Wildman–Crippen LogP) is 6.90. The fraction of sp³-hybridized carbons (Fsp3) is 0. The first-order valence-corrected chi connectivity index (χ1v) is 7.17. The van der Waals surface area contributed by atoms with Crippen molar-refractivity contribution in [2.45, 2.75) is 0 Å². The lowest BCUT2D eigenvalue weighted by atomic mass is 10.1. The molecule has 0 bridgehead atoms. The number of nitrogens with zero attached hydrogens (tertiary/aromatic N) is 1. The van der Waals surface area contributed by atoms with Gasteiger partial charge in [0.1, 0.15) is 0 Å². The lowest BCUT2D eigenvalue weighted by Crippen LogP contribution is -2.09. The zero-order valence-electron chi connectivity index (χ0n) is 31.9. The van der Waals surface area contributed by atoms with Gasteiger partial charge in [-0.25, -0.2) is 0 Å². The molecule has 0 atom stereocenters. The van der Waals surface area contributed by atoms with Gasteiger partial charge in [-0.2, -0.15) is 0 Å². The highest BCUT2D eigenvalue weighted by atomic mass is 15.1. The second-order valence-corrected chi connectivity index (χ2v) is 4.63. The lowest BCUT2D eigenvalue weighted by Gasteiger charge is -2.26. The summed E-state index contributed by atoms with van der Waals surface area (Å²) in [5, 5.41) is 2.38. The Hall–Kier alpha value is -3.52. The van der Waals surface area contributed by atoms with E-state index in [0.717, 1.165) is 0 Å². The standard InChI is InChI=1S/C24H20N2/c1-4-11-20(12-5-1)25-21-13-10-18-24(19-21)26(22-14-6-2-7-15-22)23-16-8-3-9-17-23/h1-19,25H/i1D,2D,3D,4D,5D,6D,7D,8D,9D,10D,11D,12D,13D,14D,15D,16D,17D,18D,19D. The Kier molecular flexibility index (Phi) is 1.53. The van der Waals surface area contributed by atoms with E-state index in [1.807, 2.05) is 0 Å². The van der Waals surface area contributed by atoms with E-state index < -0.39 is 143 Å². The van der Waals surface area contributed by atoms with Crippen LogP contribution in [0.15, 0.2) is 115 Å². The van der Waals surface area contributed by atoms with Crippen molar-refractivity contribution in [1.82, 2.24) is 0 Å². The molecule has 0 aliphatic rings. The van der Waals surface area contributed by atoms with Crippen molar-refractivity contribution in [1.29, 1.82) is 0 Å². The molecule has 0 heterocycles. The normalized spacial score (nSPS) is 20.5. The van der Waals surface area contributed by atoms with E-state index in [4.69, 9.17) is 26.0 Å². The highest BCUT2D eigenvalue weighted by Crippen LogP contribution is 2.35. The van der Waals surface area contributed by atoms with Crippen molar-refractivity contribution in [3.8, 4) is 0 Å². The maximum atomic E-state index is 8.99. The molecule has 0 saturated carbocycles. The van der Waals surface area contributed by atoms with Crippen LogP contribution in [0.25, 0.3) is 0 Å². The van der Waals surface area contributed by atoms with Gasteiger partial charge >= 0.3 is 0 Å². The first-order valence-electron chi connectivity index (χ1n) is 16.7. The Morgan fingerprint density at radius 1 is 0.500 bits per heavy atom. The summed E-state index contributed by atoms with van der Waals surface area (Å²) in [6.07, 6.45) is 0. The molecule has 0 aromatic heterocycles. The molecular weight excluding hydrogens is 316 g/mol. The minimum atomic E-state index is -0.991. The van der Waals surface area contributed by atoms with E-state index in [0.29, 0.717) is 4.90 Å². The van der Waals surface area contributed by atoms with Gasteiger partial charge in [-0.1, -0.05) is 60.4 Å². The Bertz CT molecular complexity index is 1780. The molecule has 0 unspecified atom stereocenters. The summed E-state index contributed by atoms with van der Waals surface area (Å²) in [6.45, 7) is 0. The summed E-state index contributed by atoms with van der Waals surface area (Å²) in [4.78, 5) is 0.482. The average molecular weight is 356 g/mol. The van der Waals surface area contributed by atoms with Crippen LogP contribution < -0.4 is 10.2 Å². The van der Waals surface area contributed by atoms with Gasteiger partial charge in [-0.15, -0.1) is 0 Å². The van der Waals surface area contributed by atoms with Gasteiger partial charge in [0.15, 0.2) is 0 Å². The minimum Gasteiger partial charge on any atom is -0.355 e. The van der Waals surface area contributed by atoms with E-state index in [9.17, 15) is 0 Å². The quantitative estimate of drug-likeness (QED) is 0.419. The Morgan fingerprint density at radius 3 is 1.54 bits per heavy atom. The van der Waals surface area contributed by atoms with Crippen molar-refractivity contribution in [3.63, 3.8) is 0 Å². The molecule has 0 aliphatic carbocycles. The predicted molar refractivity (Wildman–Crippen MR) is 111 cm³/mol. The van der Waals surface area contributed by atoms with Crippen LogP contribution in [0.3, 0.4) is 0 Å². The fourth-order valence-corrected chi connectivity index (χ4v) is 1.99. The van der Waals surface area contributed by atoms with Crippen LogP contribution in [0, 0.1) is 0 Å². The van der Waals surface area contributed by atoms with Crippen molar-refractivity contribution in [2.75, 3.05) is 10.2 Å². The third-order valence-corrected chi connectivity index (χ3v) is 3.01. The number of benzene rings is 4. The Labute approximate surface area is 181 Å². The van der Waals surface area contributed by atoms with E-state index in [2.05, 4.69) is 5.32 Å². The molecule has 0 fully saturated rings. The molecule has 4 rings (SSSR count). The highest BCUT2D eigenvalue weighted by Gasteiger charge is 2.12. The maximum absolute atomic E-state index is 8.99. The smallest absolute Gasteiger partial charge is 0.0667 e. The third-order valence-electron chi connectivity index (χ3n) is 3.01. The SMILES string of the molecule is [2H]c1c([2H])c([2H])c(Nc2c([2H])c([2H])c([2H])c(N(c3c([2H])c([2H])c([2H])c([2H])c3[2H])c3c([2H])c([2H])c([2H])c([2H])c3[2H])c2[2H])c([2H])c1[2H]. The first-order chi connectivity index (χ1) is 20.8. The molecule has 0 aliphatic heterocycles.